The zero-order valence-corrected chi connectivity index (χ0v) is 13.6. The number of nitrogens with one attached hydrogen (secondary N) is 1. The highest BCUT2D eigenvalue weighted by Crippen LogP contribution is 2.20. The van der Waals surface area contributed by atoms with Crippen LogP contribution in [0.5, 0.6) is 0 Å². The molecule has 0 amide bonds. The van der Waals surface area contributed by atoms with Crippen molar-refractivity contribution in [3.63, 3.8) is 0 Å². The third-order valence-corrected chi connectivity index (χ3v) is 3.85. The lowest BCUT2D eigenvalue weighted by atomic mass is 10.1. The standard InChI is InChI=1S/C15H29N5/c1-12(2)20-14(16-11-18-20)10-19-8-6-7-13(19)9-17-15(3,4)5/h11-13,17H,6-10H2,1-5H3. The van der Waals surface area contributed by atoms with Crippen LogP contribution < -0.4 is 5.32 Å². The fourth-order valence-electron chi connectivity index (χ4n) is 2.76. The van der Waals surface area contributed by atoms with Gasteiger partial charge in [-0.1, -0.05) is 0 Å². The summed E-state index contributed by atoms with van der Waals surface area (Å²) in [6.07, 6.45) is 4.24. The third-order valence-electron chi connectivity index (χ3n) is 3.85. The van der Waals surface area contributed by atoms with Crippen LogP contribution in [0.4, 0.5) is 0 Å². The predicted molar refractivity (Wildman–Crippen MR) is 81.6 cm³/mol. The van der Waals surface area contributed by atoms with Crippen molar-refractivity contribution in [1.82, 2.24) is 25.0 Å². The van der Waals surface area contributed by atoms with Crippen molar-refractivity contribution in [3.05, 3.63) is 12.2 Å². The molecule has 2 rings (SSSR count). The van der Waals surface area contributed by atoms with Crippen LogP contribution in [0, 0.1) is 0 Å². The van der Waals surface area contributed by atoms with Gasteiger partial charge < -0.3 is 5.32 Å². The van der Waals surface area contributed by atoms with Crippen LogP contribution in [0.15, 0.2) is 6.33 Å². The smallest absolute Gasteiger partial charge is 0.141 e. The van der Waals surface area contributed by atoms with E-state index in [9.17, 15) is 0 Å². The second kappa shape index (κ2) is 6.22. The van der Waals surface area contributed by atoms with E-state index in [-0.39, 0.29) is 5.54 Å². The van der Waals surface area contributed by atoms with Gasteiger partial charge in [-0.3, -0.25) is 4.90 Å². The van der Waals surface area contributed by atoms with E-state index in [2.05, 4.69) is 54.9 Å². The Morgan fingerprint density at radius 1 is 1.40 bits per heavy atom. The van der Waals surface area contributed by atoms with Gasteiger partial charge in [-0.2, -0.15) is 5.10 Å². The topological polar surface area (TPSA) is 46.0 Å². The maximum Gasteiger partial charge on any atom is 0.141 e. The second-order valence-corrected chi connectivity index (χ2v) is 7.11. The molecule has 20 heavy (non-hydrogen) atoms. The zero-order valence-electron chi connectivity index (χ0n) is 13.6. The Balaban J connectivity index is 1.95. The van der Waals surface area contributed by atoms with Gasteiger partial charge in [0.25, 0.3) is 0 Å². The van der Waals surface area contributed by atoms with Crippen molar-refractivity contribution < 1.29 is 0 Å². The number of hydrogen-bond donors (Lipinski definition) is 1. The highest BCUT2D eigenvalue weighted by Gasteiger charge is 2.27. The molecular weight excluding hydrogens is 250 g/mol. The van der Waals surface area contributed by atoms with E-state index in [1.54, 1.807) is 6.33 Å². The molecule has 0 spiro atoms. The van der Waals surface area contributed by atoms with E-state index in [1.165, 1.54) is 19.4 Å². The number of rotatable bonds is 5. The van der Waals surface area contributed by atoms with E-state index < -0.39 is 0 Å². The van der Waals surface area contributed by atoms with Crippen molar-refractivity contribution in [2.24, 2.45) is 0 Å². The van der Waals surface area contributed by atoms with E-state index in [1.807, 2.05) is 4.68 Å². The predicted octanol–water partition coefficient (Wildman–Crippen LogP) is 2.21. The minimum Gasteiger partial charge on any atom is -0.311 e. The monoisotopic (exact) mass is 279 g/mol. The summed E-state index contributed by atoms with van der Waals surface area (Å²) in [5.41, 5.74) is 0.187. The summed E-state index contributed by atoms with van der Waals surface area (Å²) >= 11 is 0. The summed E-state index contributed by atoms with van der Waals surface area (Å²) in [6.45, 7) is 14.1. The molecule has 1 saturated heterocycles. The lowest BCUT2D eigenvalue weighted by Gasteiger charge is -2.29. The van der Waals surface area contributed by atoms with Gasteiger partial charge in [-0.15, -0.1) is 0 Å². The molecular formula is C15H29N5. The molecule has 0 saturated carbocycles. The van der Waals surface area contributed by atoms with Crippen molar-refractivity contribution in [2.75, 3.05) is 13.1 Å². The van der Waals surface area contributed by atoms with Crippen LogP contribution in [0.3, 0.4) is 0 Å². The van der Waals surface area contributed by atoms with Gasteiger partial charge in [0.2, 0.25) is 0 Å². The molecule has 1 N–H and O–H groups in total. The second-order valence-electron chi connectivity index (χ2n) is 7.11. The molecule has 1 atom stereocenters. The molecule has 1 aliphatic heterocycles. The highest BCUT2D eigenvalue weighted by atomic mass is 15.4. The molecule has 1 fully saturated rings. The maximum atomic E-state index is 4.43. The van der Waals surface area contributed by atoms with Gasteiger partial charge in [0.05, 0.1) is 6.54 Å². The molecule has 0 aromatic carbocycles. The first-order valence-corrected chi connectivity index (χ1v) is 7.74. The normalized spacial score (nSPS) is 21.0. The van der Waals surface area contributed by atoms with E-state index in [0.29, 0.717) is 12.1 Å². The average molecular weight is 279 g/mol. The SMILES string of the molecule is CC(C)n1ncnc1CN1CCCC1CNC(C)(C)C. The van der Waals surface area contributed by atoms with Crippen molar-refractivity contribution in [1.29, 1.82) is 0 Å². The molecule has 1 aliphatic rings. The summed E-state index contributed by atoms with van der Waals surface area (Å²) in [4.78, 5) is 6.98. The van der Waals surface area contributed by atoms with E-state index >= 15 is 0 Å². The Morgan fingerprint density at radius 3 is 2.80 bits per heavy atom. The lowest BCUT2D eigenvalue weighted by Crippen LogP contribution is -2.45. The summed E-state index contributed by atoms with van der Waals surface area (Å²) in [7, 11) is 0. The van der Waals surface area contributed by atoms with Crippen LogP contribution in [0.1, 0.15) is 59.3 Å². The van der Waals surface area contributed by atoms with E-state index in [4.69, 9.17) is 0 Å². The largest absolute Gasteiger partial charge is 0.311 e. The first kappa shape index (κ1) is 15.4. The molecule has 114 valence electrons. The molecule has 1 aromatic heterocycles. The summed E-state index contributed by atoms with van der Waals surface area (Å²) in [5, 5.41) is 7.96. The summed E-state index contributed by atoms with van der Waals surface area (Å²) in [5.74, 6) is 1.09. The van der Waals surface area contributed by atoms with Gasteiger partial charge in [0, 0.05) is 24.2 Å². The molecule has 2 heterocycles. The Hall–Kier alpha value is -0.940. The molecule has 0 radical (unpaired) electrons. The molecule has 1 aromatic rings. The van der Waals surface area contributed by atoms with Crippen LogP contribution in [0.2, 0.25) is 0 Å². The summed E-state index contributed by atoms with van der Waals surface area (Å²) in [6, 6.07) is 0.993. The Morgan fingerprint density at radius 2 is 2.15 bits per heavy atom. The first-order valence-electron chi connectivity index (χ1n) is 7.74. The van der Waals surface area contributed by atoms with Gasteiger partial charge in [-0.05, 0) is 54.0 Å². The van der Waals surface area contributed by atoms with Gasteiger partial charge >= 0.3 is 0 Å². The quantitative estimate of drug-likeness (QED) is 0.897. The maximum absolute atomic E-state index is 4.43. The number of hydrogen-bond acceptors (Lipinski definition) is 4. The van der Waals surface area contributed by atoms with Gasteiger partial charge in [0.1, 0.15) is 12.2 Å². The van der Waals surface area contributed by atoms with Crippen molar-refractivity contribution in [2.45, 2.75) is 71.6 Å². The van der Waals surface area contributed by atoms with Crippen LogP contribution in [0.25, 0.3) is 0 Å². The molecule has 0 aliphatic carbocycles. The van der Waals surface area contributed by atoms with Crippen LogP contribution in [-0.4, -0.2) is 44.3 Å². The lowest BCUT2D eigenvalue weighted by molar-refractivity contribution is 0.216. The third kappa shape index (κ3) is 4.03. The Kier molecular flexibility index (Phi) is 4.81. The zero-order chi connectivity index (χ0) is 14.8. The fourth-order valence-corrected chi connectivity index (χ4v) is 2.76. The van der Waals surface area contributed by atoms with Gasteiger partial charge in [-0.25, -0.2) is 9.67 Å². The van der Waals surface area contributed by atoms with Gasteiger partial charge in [0.15, 0.2) is 0 Å². The fraction of sp³-hybridized carbons (Fsp3) is 0.867. The average Bonchev–Trinajstić information content (AvgIpc) is 2.95. The van der Waals surface area contributed by atoms with Crippen LogP contribution >= 0.6 is 0 Å². The highest BCUT2D eigenvalue weighted by molar-refractivity contribution is 4.91. The number of likely N-dealkylation sites (tertiary alicyclic amines) is 1. The number of aromatic nitrogens is 3. The van der Waals surface area contributed by atoms with Crippen molar-refractivity contribution >= 4 is 0 Å². The molecule has 5 nitrogen and oxygen atoms in total. The number of nitrogens with zero attached hydrogens (tertiary/aromatic N) is 4. The van der Waals surface area contributed by atoms with Crippen LogP contribution in [-0.2, 0) is 6.54 Å². The summed E-state index contributed by atoms with van der Waals surface area (Å²) < 4.78 is 2.03. The first-order chi connectivity index (χ1) is 9.37. The molecule has 0 bridgehead atoms. The minimum absolute atomic E-state index is 0.187. The Labute approximate surface area is 122 Å². The minimum atomic E-state index is 0.187. The molecule has 1 unspecified atom stereocenters. The van der Waals surface area contributed by atoms with Crippen molar-refractivity contribution in [3.8, 4) is 0 Å². The Bertz CT molecular complexity index is 418. The molecule has 5 heteroatoms. The van der Waals surface area contributed by atoms with E-state index in [0.717, 1.165) is 18.9 Å².